The number of hydrogen-bond acceptors (Lipinski definition) is 2. The van der Waals surface area contributed by atoms with Crippen LogP contribution in [0.5, 0.6) is 0 Å². The molecule has 1 N–H and O–H groups in total. The van der Waals surface area contributed by atoms with E-state index in [0.29, 0.717) is 16.3 Å². The van der Waals surface area contributed by atoms with Crippen molar-refractivity contribution in [2.75, 3.05) is 0 Å². The van der Waals surface area contributed by atoms with E-state index in [2.05, 4.69) is 4.98 Å². The number of carboxylic acid groups (broad SMARTS) is 1. The third-order valence-corrected chi connectivity index (χ3v) is 2.68. The zero-order chi connectivity index (χ0) is 11.9. The minimum absolute atomic E-state index is 0.0676. The molecular formula is C11H7ClFNO2. The first kappa shape index (κ1) is 10.8. The Morgan fingerprint density at radius 3 is 2.75 bits per heavy atom. The van der Waals surface area contributed by atoms with Gasteiger partial charge in [0, 0.05) is 5.39 Å². The number of benzene rings is 1. The van der Waals surface area contributed by atoms with Crippen LogP contribution in [0.15, 0.2) is 18.2 Å². The summed E-state index contributed by atoms with van der Waals surface area (Å²) in [6.07, 6.45) is 0. The predicted octanol–water partition coefficient (Wildman–Crippen LogP) is 3.03. The lowest BCUT2D eigenvalue weighted by Gasteiger charge is -2.05. The second-order valence-corrected chi connectivity index (χ2v) is 3.73. The van der Waals surface area contributed by atoms with E-state index in [-0.39, 0.29) is 10.8 Å². The van der Waals surface area contributed by atoms with Gasteiger partial charge in [0.25, 0.3) is 0 Å². The molecule has 0 aliphatic rings. The number of rotatable bonds is 1. The number of aromatic carboxylic acids is 1. The lowest BCUT2D eigenvalue weighted by atomic mass is 10.1. The van der Waals surface area contributed by atoms with E-state index >= 15 is 0 Å². The molecule has 1 aromatic heterocycles. The second kappa shape index (κ2) is 3.72. The predicted molar refractivity (Wildman–Crippen MR) is 58.4 cm³/mol. The molecule has 3 nitrogen and oxygen atoms in total. The Morgan fingerprint density at radius 1 is 1.44 bits per heavy atom. The summed E-state index contributed by atoms with van der Waals surface area (Å²) in [4.78, 5) is 14.5. The van der Waals surface area contributed by atoms with E-state index in [0.717, 1.165) is 0 Å². The summed E-state index contributed by atoms with van der Waals surface area (Å²) < 4.78 is 13.3. The molecular weight excluding hydrogens is 233 g/mol. The summed E-state index contributed by atoms with van der Waals surface area (Å²) in [6, 6.07) is 4.09. The molecule has 2 rings (SSSR count). The number of halogens is 2. The van der Waals surface area contributed by atoms with Gasteiger partial charge in [0.15, 0.2) is 5.69 Å². The Bertz CT molecular complexity index is 598. The van der Waals surface area contributed by atoms with Crippen LogP contribution in [-0.2, 0) is 0 Å². The van der Waals surface area contributed by atoms with Crippen LogP contribution in [0.25, 0.3) is 10.8 Å². The quantitative estimate of drug-likeness (QED) is 0.778. The molecule has 16 heavy (non-hydrogen) atoms. The van der Waals surface area contributed by atoms with Crippen LogP contribution in [0, 0.1) is 12.7 Å². The SMILES string of the molecule is Cc1c(F)ccc2c(Cl)nc(C(=O)O)cc12. The minimum atomic E-state index is -1.19. The van der Waals surface area contributed by atoms with Crippen LogP contribution in [-0.4, -0.2) is 16.1 Å². The highest BCUT2D eigenvalue weighted by atomic mass is 35.5. The molecule has 0 saturated carbocycles. The summed E-state index contributed by atoms with van der Waals surface area (Å²) >= 11 is 5.83. The number of carboxylic acids is 1. The maximum Gasteiger partial charge on any atom is 0.354 e. The maximum absolute atomic E-state index is 13.3. The Kier molecular flexibility index (Phi) is 2.52. The van der Waals surface area contributed by atoms with Crippen LogP contribution < -0.4 is 0 Å². The summed E-state index contributed by atoms with van der Waals surface area (Å²) in [5.74, 6) is -1.58. The lowest BCUT2D eigenvalue weighted by molar-refractivity contribution is 0.0690. The summed E-state index contributed by atoms with van der Waals surface area (Å²) in [5.41, 5.74) is 0.176. The molecule has 2 aromatic rings. The van der Waals surface area contributed by atoms with Crippen molar-refractivity contribution in [1.29, 1.82) is 0 Å². The molecule has 1 aromatic carbocycles. The molecule has 0 aliphatic heterocycles. The number of nitrogens with zero attached hydrogens (tertiary/aromatic N) is 1. The maximum atomic E-state index is 13.3. The Balaban J connectivity index is 2.88. The van der Waals surface area contributed by atoms with Gasteiger partial charge < -0.3 is 5.11 Å². The zero-order valence-corrected chi connectivity index (χ0v) is 9.05. The first-order valence-corrected chi connectivity index (χ1v) is 4.87. The van der Waals surface area contributed by atoms with E-state index in [1.165, 1.54) is 18.2 Å². The first-order valence-electron chi connectivity index (χ1n) is 4.49. The van der Waals surface area contributed by atoms with Crippen LogP contribution in [0.2, 0.25) is 5.15 Å². The highest BCUT2D eigenvalue weighted by molar-refractivity contribution is 6.34. The number of pyridine rings is 1. The van der Waals surface area contributed by atoms with E-state index in [1.54, 1.807) is 6.92 Å². The first-order chi connectivity index (χ1) is 7.50. The zero-order valence-electron chi connectivity index (χ0n) is 8.29. The van der Waals surface area contributed by atoms with Gasteiger partial charge >= 0.3 is 5.97 Å². The van der Waals surface area contributed by atoms with Crippen LogP contribution in [0.4, 0.5) is 4.39 Å². The van der Waals surface area contributed by atoms with E-state index in [4.69, 9.17) is 16.7 Å². The van der Waals surface area contributed by atoms with Gasteiger partial charge in [-0.25, -0.2) is 14.2 Å². The van der Waals surface area contributed by atoms with Gasteiger partial charge in [-0.1, -0.05) is 11.6 Å². The highest BCUT2D eigenvalue weighted by Gasteiger charge is 2.12. The largest absolute Gasteiger partial charge is 0.477 e. The molecule has 0 radical (unpaired) electrons. The van der Waals surface area contributed by atoms with Crippen molar-refractivity contribution in [3.63, 3.8) is 0 Å². The Hall–Kier alpha value is -1.68. The summed E-state index contributed by atoms with van der Waals surface area (Å²) in [5, 5.41) is 9.90. The number of aromatic nitrogens is 1. The monoisotopic (exact) mass is 239 g/mol. The molecule has 0 spiro atoms. The molecule has 0 saturated heterocycles. The fraction of sp³-hybridized carbons (Fsp3) is 0.0909. The van der Waals surface area contributed by atoms with Crippen molar-refractivity contribution in [3.05, 3.63) is 40.4 Å². The molecule has 1 heterocycles. The summed E-state index contributed by atoms with van der Waals surface area (Å²) in [7, 11) is 0. The van der Waals surface area contributed by atoms with Crippen LogP contribution in [0.1, 0.15) is 16.1 Å². The standard InChI is InChI=1S/C11H7ClFNO2/c1-5-7-4-9(11(15)16)14-10(12)6(7)2-3-8(5)13/h2-4H,1H3,(H,15,16). The van der Waals surface area contributed by atoms with Crippen molar-refractivity contribution < 1.29 is 14.3 Å². The molecule has 0 atom stereocenters. The fourth-order valence-corrected chi connectivity index (χ4v) is 1.77. The normalized spacial score (nSPS) is 10.7. The molecule has 0 aliphatic carbocycles. The molecule has 0 bridgehead atoms. The lowest BCUT2D eigenvalue weighted by Crippen LogP contribution is -2.01. The Labute approximate surface area is 95.5 Å². The fourth-order valence-electron chi connectivity index (χ4n) is 1.51. The van der Waals surface area contributed by atoms with Gasteiger partial charge in [-0.3, -0.25) is 0 Å². The van der Waals surface area contributed by atoms with Gasteiger partial charge in [0.2, 0.25) is 0 Å². The van der Waals surface area contributed by atoms with Crippen LogP contribution >= 0.6 is 11.6 Å². The third-order valence-electron chi connectivity index (χ3n) is 2.39. The molecule has 0 amide bonds. The second-order valence-electron chi connectivity index (χ2n) is 3.37. The average molecular weight is 240 g/mol. The number of hydrogen-bond donors (Lipinski definition) is 1. The van der Waals surface area contributed by atoms with Gasteiger partial charge in [-0.15, -0.1) is 0 Å². The number of carbonyl (C=O) groups is 1. The average Bonchev–Trinajstić information content (AvgIpc) is 2.23. The molecule has 0 fully saturated rings. The van der Waals surface area contributed by atoms with Crippen molar-refractivity contribution in [1.82, 2.24) is 4.98 Å². The number of fused-ring (bicyclic) bond motifs is 1. The molecule has 82 valence electrons. The van der Waals surface area contributed by atoms with Gasteiger partial charge in [-0.05, 0) is 36.1 Å². The highest BCUT2D eigenvalue weighted by Crippen LogP contribution is 2.26. The molecule has 0 unspecified atom stereocenters. The summed E-state index contributed by atoms with van der Waals surface area (Å²) in [6.45, 7) is 1.57. The third kappa shape index (κ3) is 1.61. The molecule has 5 heteroatoms. The minimum Gasteiger partial charge on any atom is -0.477 e. The Morgan fingerprint density at radius 2 is 2.12 bits per heavy atom. The smallest absolute Gasteiger partial charge is 0.354 e. The van der Waals surface area contributed by atoms with E-state index < -0.39 is 11.8 Å². The van der Waals surface area contributed by atoms with Crippen molar-refractivity contribution in [3.8, 4) is 0 Å². The number of aryl methyl sites for hydroxylation is 1. The van der Waals surface area contributed by atoms with Gasteiger partial charge in [0.1, 0.15) is 11.0 Å². The van der Waals surface area contributed by atoms with Gasteiger partial charge in [0.05, 0.1) is 0 Å². The van der Waals surface area contributed by atoms with Crippen LogP contribution in [0.3, 0.4) is 0 Å². The van der Waals surface area contributed by atoms with E-state index in [9.17, 15) is 9.18 Å². The van der Waals surface area contributed by atoms with Gasteiger partial charge in [-0.2, -0.15) is 0 Å². The van der Waals surface area contributed by atoms with Crippen molar-refractivity contribution in [2.45, 2.75) is 6.92 Å². The topological polar surface area (TPSA) is 50.2 Å². The van der Waals surface area contributed by atoms with Crippen molar-refractivity contribution in [2.24, 2.45) is 0 Å². The van der Waals surface area contributed by atoms with Crippen molar-refractivity contribution >= 4 is 28.3 Å². The van der Waals surface area contributed by atoms with E-state index in [1.807, 2.05) is 0 Å².